The Hall–Kier alpha value is -2.28. The molecule has 0 spiro atoms. The molecular formula is C16H16N2O4S. The van der Waals surface area contributed by atoms with Crippen molar-refractivity contribution in [1.82, 2.24) is 10.2 Å². The highest BCUT2D eigenvalue weighted by atomic mass is 32.2. The summed E-state index contributed by atoms with van der Waals surface area (Å²) in [5, 5.41) is 12.0. The van der Waals surface area contributed by atoms with Gasteiger partial charge in [-0.25, -0.2) is 4.79 Å². The number of carbonyl (C=O) groups is 3. The Kier molecular flexibility index (Phi) is 4.38. The molecule has 1 aromatic rings. The molecule has 2 amide bonds. The second kappa shape index (κ2) is 6.45. The first kappa shape index (κ1) is 15.6. The Morgan fingerprint density at radius 2 is 2.04 bits per heavy atom. The van der Waals surface area contributed by atoms with E-state index >= 15 is 0 Å². The summed E-state index contributed by atoms with van der Waals surface area (Å²) in [6, 6.07) is 8.93. The topological polar surface area (TPSA) is 86.7 Å². The van der Waals surface area contributed by atoms with Gasteiger partial charge in [-0.2, -0.15) is 0 Å². The normalized spacial score (nSPS) is 19.4. The third-order valence-electron chi connectivity index (χ3n) is 3.79. The van der Waals surface area contributed by atoms with Gasteiger partial charge < -0.3 is 10.4 Å². The van der Waals surface area contributed by atoms with E-state index in [2.05, 4.69) is 5.32 Å². The molecule has 120 valence electrons. The Balaban J connectivity index is 1.52. The third-order valence-corrected chi connectivity index (χ3v) is 5.13. The van der Waals surface area contributed by atoms with Gasteiger partial charge in [-0.1, -0.05) is 18.2 Å². The van der Waals surface area contributed by atoms with Gasteiger partial charge in [-0.15, -0.1) is 11.8 Å². The van der Waals surface area contributed by atoms with E-state index in [9.17, 15) is 19.5 Å². The fourth-order valence-corrected chi connectivity index (χ4v) is 4.09. The highest BCUT2D eigenvalue weighted by Crippen LogP contribution is 2.47. The number of nitrogens with zero attached hydrogens (tertiary/aromatic N) is 1. The number of allylic oxidation sites excluding steroid dienone is 1. The monoisotopic (exact) mass is 332 g/mol. The van der Waals surface area contributed by atoms with Crippen molar-refractivity contribution in [3.63, 3.8) is 0 Å². The predicted octanol–water partition coefficient (Wildman–Crippen LogP) is 1.80. The van der Waals surface area contributed by atoms with Gasteiger partial charge in [0.2, 0.25) is 5.91 Å². The molecular weight excluding hydrogens is 316 g/mol. The van der Waals surface area contributed by atoms with Crippen LogP contribution in [0.3, 0.4) is 0 Å². The number of carbonyl (C=O) groups excluding carboxylic acids is 2. The average molecular weight is 332 g/mol. The lowest BCUT2D eigenvalue weighted by molar-refractivity contribution is -0.145. The van der Waals surface area contributed by atoms with Crippen LogP contribution in [0, 0.1) is 0 Å². The van der Waals surface area contributed by atoms with Gasteiger partial charge in [-0.3, -0.25) is 14.5 Å². The summed E-state index contributed by atoms with van der Waals surface area (Å²) in [6.45, 7) is 0.462. The first-order chi connectivity index (χ1) is 11.1. The van der Waals surface area contributed by atoms with Crippen molar-refractivity contribution in [2.75, 3.05) is 6.54 Å². The second-order valence-corrected chi connectivity index (χ2v) is 6.62. The molecule has 1 fully saturated rings. The molecule has 23 heavy (non-hydrogen) atoms. The number of thioether (sulfide) groups is 1. The van der Waals surface area contributed by atoms with Crippen LogP contribution < -0.4 is 5.32 Å². The van der Waals surface area contributed by atoms with E-state index in [4.69, 9.17) is 0 Å². The van der Waals surface area contributed by atoms with E-state index in [1.165, 1.54) is 16.7 Å². The summed E-state index contributed by atoms with van der Waals surface area (Å²) in [7, 11) is 0. The summed E-state index contributed by atoms with van der Waals surface area (Å²) in [5.41, 5.74) is 0.716. The molecule has 0 aliphatic carbocycles. The Morgan fingerprint density at radius 3 is 2.70 bits per heavy atom. The van der Waals surface area contributed by atoms with Gasteiger partial charge >= 0.3 is 5.97 Å². The van der Waals surface area contributed by atoms with E-state index in [0.29, 0.717) is 31.4 Å². The number of rotatable bonds is 6. The van der Waals surface area contributed by atoms with E-state index in [-0.39, 0.29) is 22.9 Å². The van der Waals surface area contributed by atoms with Crippen LogP contribution in [0.5, 0.6) is 0 Å². The number of nitrogens with one attached hydrogen (secondary N) is 1. The first-order valence-electron chi connectivity index (χ1n) is 7.36. The lowest BCUT2D eigenvalue weighted by Crippen LogP contribution is -2.48. The molecule has 0 aromatic heterocycles. The molecule has 0 saturated carbocycles. The van der Waals surface area contributed by atoms with Crippen molar-refractivity contribution in [2.45, 2.75) is 24.6 Å². The molecule has 0 bridgehead atoms. The van der Waals surface area contributed by atoms with Crippen LogP contribution in [-0.4, -0.2) is 39.7 Å². The minimum atomic E-state index is -1.06. The first-order valence-corrected chi connectivity index (χ1v) is 8.24. The average Bonchev–Trinajstić information content (AvgIpc) is 2.84. The standard InChI is InChI=1S/C16H16N2O4S/c19-12-9-13-18(12)14(16(21)22)11(23-13)7-4-8-17-15(20)10-5-2-1-3-6-10/h1-3,5-6,13H,4,7-9H2,(H,17,20)(H,21,22)/t13-/m1/s1. The zero-order valence-corrected chi connectivity index (χ0v) is 13.1. The third kappa shape index (κ3) is 3.10. The van der Waals surface area contributed by atoms with Crippen LogP contribution in [0.4, 0.5) is 0 Å². The summed E-state index contributed by atoms with van der Waals surface area (Å²) >= 11 is 1.45. The van der Waals surface area contributed by atoms with Crippen molar-refractivity contribution in [1.29, 1.82) is 0 Å². The maximum Gasteiger partial charge on any atom is 0.353 e. The Morgan fingerprint density at radius 1 is 1.30 bits per heavy atom. The zero-order valence-electron chi connectivity index (χ0n) is 12.3. The summed E-state index contributed by atoms with van der Waals surface area (Å²) in [5.74, 6) is -1.33. The van der Waals surface area contributed by atoms with Gasteiger partial charge in [0.25, 0.3) is 5.91 Å². The fourth-order valence-electron chi connectivity index (χ4n) is 2.65. The minimum absolute atomic E-state index is 0.0532. The lowest BCUT2D eigenvalue weighted by atomic mass is 10.1. The van der Waals surface area contributed by atoms with Crippen LogP contribution in [0.15, 0.2) is 40.9 Å². The summed E-state index contributed by atoms with van der Waals surface area (Å²) in [6.07, 6.45) is 1.57. The number of carboxylic acid groups (broad SMARTS) is 1. The Bertz CT molecular complexity index is 687. The smallest absolute Gasteiger partial charge is 0.353 e. The van der Waals surface area contributed by atoms with Crippen LogP contribution >= 0.6 is 11.8 Å². The maximum absolute atomic E-state index is 11.9. The van der Waals surface area contributed by atoms with Crippen molar-refractivity contribution in [3.8, 4) is 0 Å². The van der Waals surface area contributed by atoms with E-state index in [0.717, 1.165) is 4.91 Å². The second-order valence-electron chi connectivity index (χ2n) is 5.34. The van der Waals surface area contributed by atoms with Gasteiger partial charge in [-0.05, 0) is 25.0 Å². The molecule has 0 unspecified atom stereocenters. The molecule has 2 heterocycles. The number of carboxylic acids is 1. The van der Waals surface area contributed by atoms with Gasteiger partial charge in [0.1, 0.15) is 5.70 Å². The van der Waals surface area contributed by atoms with Gasteiger partial charge in [0.15, 0.2) is 0 Å². The number of β-lactam (4-membered cyclic amide) rings is 1. The number of aliphatic carboxylic acids is 1. The number of hydrogen-bond donors (Lipinski definition) is 2. The largest absolute Gasteiger partial charge is 0.477 e. The van der Waals surface area contributed by atoms with Crippen LogP contribution in [0.2, 0.25) is 0 Å². The van der Waals surface area contributed by atoms with E-state index in [1.54, 1.807) is 24.3 Å². The van der Waals surface area contributed by atoms with Crippen molar-refractivity contribution >= 4 is 29.5 Å². The summed E-state index contributed by atoms with van der Waals surface area (Å²) in [4.78, 5) is 36.8. The quantitative estimate of drug-likeness (QED) is 0.613. The predicted molar refractivity (Wildman–Crippen MR) is 85.5 cm³/mol. The van der Waals surface area contributed by atoms with E-state index in [1.807, 2.05) is 6.07 Å². The van der Waals surface area contributed by atoms with Crippen LogP contribution in [0.1, 0.15) is 29.6 Å². The van der Waals surface area contributed by atoms with Crippen LogP contribution in [-0.2, 0) is 9.59 Å². The molecule has 1 saturated heterocycles. The van der Waals surface area contributed by atoms with Crippen molar-refractivity contribution in [2.24, 2.45) is 0 Å². The van der Waals surface area contributed by atoms with Crippen molar-refractivity contribution in [3.05, 3.63) is 46.5 Å². The number of hydrogen-bond acceptors (Lipinski definition) is 4. The molecule has 7 heteroatoms. The molecule has 3 rings (SSSR count). The van der Waals surface area contributed by atoms with Gasteiger partial charge in [0.05, 0.1) is 11.8 Å². The molecule has 0 radical (unpaired) electrons. The molecule has 2 N–H and O–H groups in total. The molecule has 2 aliphatic rings. The fraction of sp³-hybridized carbons (Fsp3) is 0.312. The minimum Gasteiger partial charge on any atom is -0.477 e. The molecule has 1 atom stereocenters. The molecule has 1 aromatic carbocycles. The molecule has 6 nitrogen and oxygen atoms in total. The highest BCUT2D eigenvalue weighted by molar-refractivity contribution is 8.04. The number of fused-ring (bicyclic) bond motifs is 1. The van der Waals surface area contributed by atoms with Crippen molar-refractivity contribution < 1.29 is 19.5 Å². The Labute approximate surface area is 137 Å². The number of benzene rings is 1. The maximum atomic E-state index is 11.9. The zero-order chi connectivity index (χ0) is 16.4. The van der Waals surface area contributed by atoms with E-state index < -0.39 is 5.97 Å². The summed E-state index contributed by atoms with van der Waals surface area (Å²) < 4.78 is 0. The SMILES string of the molecule is O=C(O)C1=C(CCCNC(=O)c2ccccc2)S[C@@H]2CC(=O)N12. The van der Waals surface area contributed by atoms with Gasteiger partial charge in [0, 0.05) is 17.0 Å². The lowest BCUT2D eigenvalue weighted by Gasteiger charge is -2.33. The van der Waals surface area contributed by atoms with Crippen LogP contribution in [0.25, 0.3) is 0 Å². The molecule has 2 aliphatic heterocycles. The number of amides is 2. The highest BCUT2D eigenvalue weighted by Gasteiger charge is 2.47.